The Kier molecular flexibility index (Phi) is 4.84. The molecule has 0 spiro atoms. The molecule has 2 rings (SSSR count). The van der Waals surface area contributed by atoms with Gasteiger partial charge in [-0.15, -0.1) is 0 Å². The molecule has 3 N–H and O–H groups in total. The predicted octanol–water partition coefficient (Wildman–Crippen LogP) is 0.493. The molecule has 0 bridgehead atoms. The number of nitrogens with one attached hydrogen (secondary N) is 1. The maximum Gasteiger partial charge on any atom is 0.239 e. The van der Waals surface area contributed by atoms with Crippen molar-refractivity contribution in [2.24, 2.45) is 0 Å². The van der Waals surface area contributed by atoms with Gasteiger partial charge in [0.25, 0.3) is 0 Å². The molecule has 0 radical (unpaired) electrons. The summed E-state index contributed by atoms with van der Waals surface area (Å²) in [6.45, 7) is 0.102. The molecule has 7 heteroatoms. The van der Waals surface area contributed by atoms with Gasteiger partial charge < -0.3 is 16.0 Å². The minimum Gasteiger partial charge on any atom is -0.397 e. The number of rotatable bonds is 6. The van der Waals surface area contributed by atoms with Crippen LogP contribution < -0.4 is 11.1 Å². The maximum atomic E-state index is 11.9. The van der Waals surface area contributed by atoms with E-state index in [9.17, 15) is 9.59 Å². The van der Waals surface area contributed by atoms with Crippen molar-refractivity contribution in [1.82, 2.24) is 15.2 Å². The van der Waals surface area contributed by atoms with Gasteiger partial charge in [-0.05, 0) is 25.0 Å². The van der Waals surface area contributed by atoms with Crippen molar-refractivity contribution in [3.63, 3.8) is 0 Å². The van der Waals surface area contributed by atoms with Crippen LogP contribution in [0.2, 0.25) is 0 Å². The van der Waals surface area contributed by atoms with Crippen LogP contribution in [0.25, 0.3) is 0 Å². The number of nitrogen functional groups attached to an aromatic ring is 1. The van der Waals surface area contributed by atoms with Crippen molar-refractivity contribution in [3.05, 3.63) is 18.3 Å². The van der Waals surface area contributed by atoms with Crippen molar-refractivity contribution >= 4 is 29.3 Å². The molecular weight excluding hydrogens is 276 g/mol. The molecule has 0 aromatic carbocycles. The summed E-state index contributed by atoms with van der Waals surface area (Å²) in [4.78, 5) is 29.0. The molecule has 1 saturated carbocycles. The minimum absolute atomic E-state index is 0.0976. The van der Waals surface area contributed by atoms with E-state index in [-0.39, 0.29) is 24.1 Å². The quantitative estimate of drug-likeness (QED) is 0.746. The summed E-state index contributed by atoms with van der Waals surface area (Å²) in [7, 11) is 1.63. The molecule has 1 aromatic heterocycles. The molecule has 108 valence electrons. The fourth-order valence-electron chi connectivity index (χ4n) is 1.53. The minimum atomic E-state index is -0.0982. The lowest BCUT2D eigenvalue weighted by molar-refractivity contribution is -0.132. The molecule has 1 heterocycles. The molecule has 0 unspecified atom stereocenters. The lowest BCUT2D eigenvalue weighted by Gasteiger charge is -2.16. The van der Waals surface area contributed by atoms with Gasteiger partial charge in [0, 0.05) is 13.1 Å². The number of hydrogen-bond donors (Lipinski definition) is 2. The first-order chi connectivity index (χ1) is 9.54. The van der Waals surface area contributed by atoms with Crippen LogP contribution in [-0.2, 0) is 9.59 Å². The highest BCUT2D eigenvalue weighted by Crippen LogP contribution is 2.18. The molecule has 0 aliphatic heterocycles. The van der Waals surface area contributed by atoms with E-state index in [4.69, 9.17) is 5.73 Å². The van der Waals surface area contributed by atoms with Crippen LogP contribution in [0, 0.1) is 0 Å². The average Bonchev–Trinajstić information content (AvgIpc) is 3.21. The highest BCUT2D eigenvalue weighted by molar-refractivity contribution is 7.99. The molecular formula is C13H18N4O2S. The molecule has 1 aromatic rings. The van der Waals surface area contributed by atoms with Crippen LogP contribution in [0.3, 0.4) is 0 Å². The SMILES string of the molecule is CN(CC(=O)NC1CC1)C(=O)CSc1ccc(N)cn1. The topological polar surface area (TPSA) is 88.3 Å². The van der Waals surface area contributed by atoms with Gasteiger partial charge in [-0.25, -0.2) is 4.98 Å². The first-order valence-corrected chi connectivity index (χ1v) is 7.41. The van der Waals surface area contributed by atoms with Crippen molar-refractivity contribution in [1.29, 1.82) is 0 Å². The van der Waals surface area contributed by atoms with Crippen molar-refractivity contribution < 1.29 is 9.59 Å². The van der Waals surface area contributed by atoms with Gasteiger partial charge in [0.1, 0.15) is 0 Å². The molecule has 2 amide bonds. The van der Waals surface area contributed by atoms with Gasteiger partial charge in [0.15, 0.2) is 0 Å². The predicted molar refractivity (Wildman–Crippen MR) is 78.2 cm³/mol. The molecule has 0 atom stereocenters. The van der Waals surface area contributed by atoms with Crippen molar-refractivity contribution in [2.75, 3.05) is 25.1 Å². The summed E-state index contributed by atoms with van der Waals surface area (Å²) in [5.41, 5.74) is 6.13. The Morgan fingerprint density at radius 2 is 2.25 bits per heavy atom. The van der Waals surface area contributed by atoms with Gasteiger partial charge in [-0.2, -0.15) is 0 Å². The third-order valence-corrected chi connectivity index (χ3v) is 3.78. The molecule has 1 fully saturated rings. The van der Waals surface area contributed by atoms with E-state index in [0.717, 1.165) is 17.9 Å². The lowest BCUT2D eigenvalue weighted by atomic mass is 10.4. The second-order valence-electron chi connectivity index (χ2n) is 4.81. The van der Waals surface area contributed by atoms with Gasteiger partial charge in [-0.3, -0.25) is 9.59 Å². The molecule has 20 heavy (non-hydrogen) atoms. The number of aromatic nitrogens is 1. The summed E-state index contributed by atoms with van der Waals surface area (Å²) in [6, 6.07) is 3.83. The number of pyridine rings is 1. The summed E-state index contributed by atoms with van der Waals surface area (Å²) >= 11 is 1.33. The summed E-state index contributed by atoms with van der Waals surface area (Å²) < 4.78 is 0. The maximum absolute atomic E-state index is 11.9. The molecule has 1 aliphatic carbocycles. The van der Waals surface area contributed by atoms with Crippen LogP contribution >= 0.6 is 11.8 Å². The number of carbonyl (C=O) groups excluding carboxylic acids is 2. The van der Waals surface area contributed by atoms with E-state index in [1.807, 2.05) is 0 Å². The number of hydrogen-bond acceptors (Lipinski definition) is 5. The smallest absolute Gasteiger partial charge is 0.239 e. The Bertz CT molecular complexity index is 488. The number of likely N-dealkylation sites (N-methyl/N-ethyl adjacent to an activating group) is 1. The largest absolute Gasteiger partial charge is 0.397 e. The van der Waals surface area contributed by atoms with Gasteiger partial charge in [0.2, 0.25) is 11.8 Å². The Labute approximate surface area is 122 Å². The summed E-state index contributed by atoms with van der Waals surface area (Å²) in [6.07, 6.45) is 3.64. The lowest BCUT2D eigenvalue weighted by Crippen LogP contribution is -2.39. The number of carbonyl (C=O) groups is 2. The Morgan fingerprint density at radius 1 is 1.50 bits per heavy atom. The first-order valence-electron chi connectivity index (χ1n) is 6.42. The van der Waals surface area contributed by atoms with E-state index < -0.39 is 0 Å². The Balaban J connectivity index is 1.72. The first kappa shape index (κ1) is 14.6. The Hall–Kier alpha value is -1.76. The van der Waals surface area contributed by atoms with Crippen molar-refractivity contribution in [3.8, 4) is 0 Å². The van der Waals surface area contributed by atoms with E-state index in [2.05, 4.69) is 10.3 Å². The summed E-state index contributed by atoms with van der Waals surface area (Å²) in [5.74, 6) is 0.0583. The average molecular weight is 294 g/mol. The zero-order chi connectivity index (χ0) is 14.5. The third kappa shape index (κ3) is 4.73. The number of nitrogens with zero attached hydrogens (tertiary/aromatic N) is 2. The Morgan fingerprint density at radius 3 is 2.85 bits per heavy atom. The van der Waals surface area contributed by atoms with E-state index >= 15 is 0 Å². The van der Waals surface area contributed by atoms with Gasteiger partial charge in [0.05, 0.1) is 29.2 Å². The highest BCUT2D eigenvalue weighted by atomic mass is 32.2. The highest BCUT2D eigenvalue weighted by Gasteiger charge is 2.24. The fraction of sp³-hybridized carbons (Fsp3) is 0.462. The number of nitrogens with two attached hydrogens (primary N) is 1. The number of thioether (sulfide) groups is 1. The zero-order valence-electron chi connectivity index (χ0n) is 11.3. The monoisotopic (exact) mass is 294 g/mol. The second-order valence-corrected chi connectivity index (χ2v) is 5.81. The van der Waals surface area contributed by atoms with Crippen LogP contribution in [0.15, 0.2) is 23.4 Å². The standard InChI is InChI=1S/C13H18N4O2S/c1-17(7-11(18)16-10-3-4-10)13(19)8-20-12-5-2-9(14)6-15-12/h2,5-6,10H,3-4,7-8,14H2,1H3,(H,16,18). The van der Waals surface area contributed by atoms with E-state index in [1.165, 1.54) is 16.7 Å². The molecule has 6 nitrogen and oxygen atoms in total. The molecule has 1 aliphatic rings. The van der Waals surface area contributed by atoms with Crippen LogP contribution in [0.4, 0.5) is 5.69 Å². The third-order valence-electron chi connectivity index (χ3n) is 2.85. The van der Waals surface area contributed by atoms with Crippen molar-refractivity contribution in [2.45, 2.75) is 23.9 Å². The van der Waals surface area contributed by atoms with Crippen LogP contribution in [-0.4, -0.2) is 47.1 Å². The van der Waals surface area contributed by atoms with E-state index in [0.29, 0.717) is 11.7 Å². The van der Waals surface area contributed by atoms with Gasteiger partial charge >= 0.3 is 0 Å². The molecule has 0 saturated heterocycles. The number of amides is 2. The van der Waals surface area contributed by atoms with E-state index in [1.54, 1.807) is 25.4 Å². The fourth-order valence-corrected chi connectivity index (χ4v) is 2.31. The zero-order valence-corrected chi connectivity index (χ0v) is 12.2. The second kappa shape index (κ2) is 6.60. The summed E-state index contributed by atoms with van der Waals surface area (Å²) in [5, 5.41) is 3.59. The normalized spacial score (nSPS) is 13.8. The van der Waals surface area contributed by atoms with Crippen LogP contribution in [0.1, 0.15) is 12.8 Å². The number of anilines is 1. The van der Waals surface area contributed by atoms with Gasteiger partial charge in [-0.1, -0.05) is 11.8 Å². The van der Waals surface area contributed by atoms with Crippen LogP contribution in [0.5, 0.6) is 0 Å².